The van der Waals surface area contributed by atoms with Crippen molar-refractivity contribution < 1.29 is 9.84 Å². The average Bonchev–Trinajstić information content (AvgIpc) is 2.75. The van der Waals surface area contributed by atoms with Gasteiger partial charge in [0.1, 0.15) is 17.5 Å². The van der Waals surface area contributed by atoms with E-state index in [0.29, 0.717) is 22.8 Å². The molecule has 176 valence electrons. The molecule has 3 aromatic rings. The molecule has 0 aliphatic carbocycles. The normalized spacial score (nSPS) is 15.0. The van der Waals surface area contributed by atoms with E-state index in [4.69, 9.17) is 9.72 Å². The Labute approximate surface area is 193 Å². The van der Waals surface area contributed by atoms with Crippen LogP contribution in [0.4, 0.5) is 17.5 Å². The predicted octanol–water partition coefficient (Wildman–Crippen LogP) is 2.57. The Balaban J connectivity index is 1.66. The third-order valence-electron chi connectivity index (χ3n) is 5.38. The van der Waals surface area contributed by atoms with E-state index < -0.39 is 0 Å². The summed E-state index contributed by atoms with van der Waals surface area (Å²) >= 11 is 0. The summed E-state index contributed by atoms with van der Waals surface area (Å²) in [7, 11) is 0. The first-order valence-corrected chi connectivity index (χ1v) is 11.3. The van der Waals surface area contributed by atoms with E-state index in [0.717, 1.165) is 43.8 Å². The number of hydrogen-bond donors (Lipinski definition) is 3. The number of hydrogen-bond acceptors (Lipinski definition) is 8. The highest BCUT2D eigenvalue weighted by Gasteiger charge is 2.18. The number of aliphatic hydroxyl groups excluding tert-OH is 1. The van der Waals surface area contributed by atoms with Crippen LogP contribution in [0.1, 0.15) is 26.3 Å². The monoisotopic (exact) mass is 452 g/mol. The Morgan fingerprint density at radius 1 is 1.15 bits per heavy atom. The van der Waals surface area contributed by atoms with E-state index in [1.54, 1.807) is 12.4 Å². The SMILES string of the molecule is CC(C)(C)Nc1nc(Nc2cc(CN3CCOCC3)ccn2)cc2ccn(CCO)c(=O)c12. The molecule has 1 aliphatic rings. The van der Waals surface area contributed by atoms with Crippen LogP contribution in [0.5, 0.6) is 0 Å². The molecule has 0 bridgehead atoms. The van der Waals surface area contributed by atoms with Gasteiger partial charge in [0.2, 0.25) is 0 Å². The molecule has 3 N–H and O–H groups in total. The predicted molar refractivity (Wildman–Crippen MR) is 130 cm³/mol. The summed E-state index contributed by atoms with van der Waals surface area (Å²) in [5.41, 5.74) is 0.687. The number of aromatic nitrogens is 3. The van der Waals surface area contributed by atoms with Crippen LogP contribution in [0.3, 0.4) is 0 Å². The maximum atomic E-state index is 13.1. The summed E-state index contributed by atoms with van der Waals surface area (Å²) in [6.45, 7) is 10.4. The van der Waals surface area contributed by atoms with Crippen LogP contribution in [-0.4, -0.2) is 63.0 Å². The van der Waals surface area contributed by atoms with Crippen molar-refractivity contribution in [2.75, 3.05) is 43.5 Å². The third kappa shape index (κ3) is 5.87. The van der Waals surface area contributed by atoms with Crippen molar-refractivity contribution in [1.29, 1.82) is 0 Å². The Hall–Kier alpha value is -3.01. The molecule has 1 aliphatic heterocycles. The third-order valence-corrected chi connectivity index (χ3v) is 5.38. The Bertz CT molecular complexity index is 1170. The summed E-state index contributed by atoms with van der Waals surface area (Å²) in [6.07, 6.45) is 3.49. The zero-order valence-electron chi connectivity index (χ0n) is 19.5. The zero-order chi connectivity index (χ0) is 23.4. The quantitative estimate of drug-likeness (QED) is 0.503. The number of nitrogens with one attached hydrogen (secondary N) is 2. The number of morpholine rings is 1. The highest BCUT2D eigenvalue weighted by molar-refractivity contribution is 5.93. The highest BCUT2D eigenvalue weighted by atomic mass is 16.5. The van der Waals surface area contributed by atoms with Crippen LogP contribution in [-0.2, 0) is 17.8 Å². The number of anilines is 3. The first kappa shape index (κ1) is 23.2. The Morgan fingerprint density at radius 2 is 1.94 bits per heavy atom. The van der Waals surface area contributed by atoms with Gasteiger partial charge in [-0.15, -0.1) is 0 Å². The molecular formula is C24H32N6O3. The first-order valence-electron chi connectivity index (χ1n) is 11.3. The fraction of sp³-hybridized carbons (Fsp3) is 0.458. The molecule has 9 nitrogen and oxygen atoms in total. The maximum absolute atomic E-state index is 13.1. The topological polar surface area (TPSA) is 105 Å². The largest absolute Gasteiger partial charge is 0.395 e. The fourth-order valence-electron chi connectivity index (χ4n) is 3.89. The number of fused-ring (bicyclic) bond motifs is 1. The highest BCUT2D eigenvalue weighted by Crippen LogP contribution is 2.26. The molecule has 0 saturated carbocycles. The van der Waals surface area contributed by atoms with Crippen LogP contribution >= 0.6 is 0 Å². The minimum atomic E-state index is -0.293. The van der Waals surface area contributed by atoms with Crippen LogP contribution in [0.25, 0.3) is 10.8 Å². The van der Waals surface area contributed by atoms with Crippen molar-refractivity contribution in [1.82, 2.24) is 19.4 Å². The van der Waals surface area contributed by atoms with Crippen molar-refractivity contribution in [2.45, 2.75) is 39.4 Å². The maximum Gasteiger partial charge on any atom is 0.262 e. The van der Waals surface area contributed by atoms with Crippen molar-refractivity contribution in [3.63, 3.8) is 0 Å². The second kappa shape index (κ2) is 9.86. The lowest BCUT2D eigenvalue weighted by atomic mass is 10.1. The first-order chi connectivity index (χ1) is 15.8. The van der Waals surface area contributed by atoms with Crippen molar-refractivity contribution >= 4 is 28.2 Å². The van der Waals surface area contributed by atoms with E-state index >= 15 is 0 Å². The Morgan fingerprint density at radius 3 is 2.67 bits per heavy atom. The van der Waals surface area contributed by atoms with E-state index in [9.17, 15) is 9.90 Å². The smallest absolute Gasteiger partial charge is 0.262 e. The molecule has 1 saturated heterocycles. The van der Waals surface area contributed by atoms with Gasteiger partial charge < -0.3 is 25.0 Å². The van der Waals surface area contributed by atoms with Gasteiger partial charge in [-0.25, -0.2) is 9.97 Å². The number of aliphatic hydroxyl groups is 1. The van der Waals surface area contributed by atoms with Gasteiger partial charge in [0.05, 0.1) is 25.2 Å². The molecule has 0 spiro atoms. The van der Waals surface area contributed by atoms with Gasteiger partial charge >= 0.3 is 0 Å². The summed E-state index contributed by atoms with van der Waals surface area (Å²) in [4.78, 5) is 24.6. The molecule has 33 heavy (non-hydrogen) atoms. The lowest BCUT2D eigenvalue weighted by Gasteiger charge is -2.26. The lowest BCUT2D eigenvalue weighted by molar-refractivity contribution is 0.0342. The van der Waals surface area contributed by atoms with Crippen LogP contribution in [0.2, 0.25) is 0 Å². The molecule has 9 heteroatoms. The summed E-state index contributed by atoms with van der Waals surface area (Å²) < 4.78 is 6.94. The standard InChI is InChI=1S/C24H32N6O3/c1-24(2,3)28-22-21-18(5-7-30(8-11-31)23(21)32)15-20(27-22)26-19-14-17(4-6-25-19)16-29-9-12-33-13-10-29/h4-7,14-15,31H,8-13,16H2,1-3H3,(H2,25,26,27,28). The minimum Gasteiger partial charge on any atom is -0.395 e. The second-order valence-corrected chi connectivity index (χ2v) is 9.30. The van der Waals surface area contributed by atoms with E-state index in [1.165, 1.54) is 4.57 Å². The van der Waals surface area contributed by atoms with Gasteiger partial charge in [0.15, 0.2) is 0 Å². The van der Waals surface area contributed by atoms with Crippen molar-refractivity contribution in [3.8, 4) is 0 Å². The second-order valence-electron chi connectivity index (χ2n) is 9.30. The molecule has 3 aromatic heterocycles. The average molecular weight is 453 g/mol. The molecule has 4 heterocycles. The van der Waals surface area contributed by atoms with Crippen LogP contribution < -0.4 is 16.2 Å². The van der Waals surface area contributed by atoms with E-state index in [2.05, 4.69) is 20.5 Å². The van der Waals surface area contributed by atoms with Gasteiger partial charge in [0.25, 0.3) is 5.56 Å². The van der Waals surface area contributed by atoms with Gasteiger partial charge in [-0.3, -0.25) is 9.69 Å². The van der Waals surface area contributed by atoms with Gasteiger partial charge in [0, 0.05) is 44.1 Å². The Kier molecular flexibility index (Phi) is 6.92. The van der Waals surface area contributed by atoms with E-state index in [-0.39, 0.29) is 24.2 Å². The van der Waals surface area contributed by atoms with Gasteiger partial charge in [-0.2, -0.15) is 0 Å². The number of pyridine rings is 3. The number of rotatable bonds is 7. The molecule has 4 rings (SSSR count). The zero-order valence-corrected chi connectivity index (χ0v) is 19.5. The van der Waals surface area contributed by atoms with Crippen molar-refractivity contribution in [3.05, 3.63) is 52.6 Å². The summed E-state index contributed by atoms with van der Waals surface area (Å²) in [6, 6.07) is 7.77. The molecule has 0 aromatic carbocycles. The molecule has 0 radical (unpaired) electrons. The number of nitrogens with zero attached hydrogens (tertiary/aromatic N) is 4. The van der Waals surface area contributed by atoms with Crippen LogP contribution in [0.15, 0.2) is 41.5 Å². The summed E-state index contributed by atoms with van der Waals surface area (Å²) in [5, 5.41) is 17.2. The molecule has 0 amide bonds. The number of ether oxygens (including phenoxy) is 1. The van der Waals surface area contributed by atoms with Gasteiger partial charge in [-0.1, -0.05) is 0 Å². The van der Waals surface area contributed by atoms with Crippen LogP contribution in [0, 0.1) is 0 Å². The fourth-order valence-corrected chi connectivity index (χ4v) is 3.89. The minimum absolute atomic E-state index is 0.104. The molecular weight excluding hydrogens is 420 g/mol. The van der Waals surface area contributed by atoms with Crippen molar-refractivity contribution in [2.24, 2.45) is 0 Å². The lowest BCUT2D eigenvalue weighted by Crippen LogP contribution is -2.35. The molecule has 1 fully saturated rings. The molecule has 0 unspecified atom stereocenters. The summed E-state index contributed by atoms with van der Waals surface area (Å²) in [5.74, 6) is 1.80. The molecule has 0 atom stereocenters. The van der Waals surface area contributed by atoms with E-state index in [1.807, 2.05) is 45.0 Å². The van der Waals surface area contributed by atoms with Gasteiger partial charge in [-0.05, 0) is 56.0 Å².